The Hall–Kier alpha value is -2.44. The van der Waals surface area contributed by atoms with E-state index < -0.39 is 22.8 Å². The van der Waals surface area contributed by atoms with E-state index in [9.17, 15) is 19.1 Å². The summed E-state index contributed by atoms with van der Waals surface area (Å²) in [4.78, 5) is 27.6. The van der Waals surface area contributed by atoms with Crippen molar-refractivity contribution in [3.8, 4) is 5.69 Å². The molecule has 2 heterocycles. The number of aromatic carboxylic acids is 1. The number of hydrogen-bond acceptors (Lipinski definition) is 3. The first-order valence-corrected chi connectivity index (χ1v) is 7.04. The summed E-state index contributed by atoms with van der Waals surface area (Å²) in [6.07, 6.45) is 1.12. The quantitative estimate of drug-likeness (QED) is 0.716. The molecule has 0 amide bonds. The van der Waals surface area contributed by atoms with Gasteiger partial charge in [0.05, 0.1) is 10.4 Å². The van der Waals surface area contributed by atoms with Crippen LogP contribution >= 0.6 is 23.2 Å². The molecule has 3 rings (SSSR count). The van der Waals surface area contributed by atoms with Gasteiger partial charge in [-0.05, 0) is 30.3 Å². The van der Waals surface area contributed by atoms with E-state index in [1.807, 2.05) is 0 Å². The van der Waals surface area contributed by atoms with Crippen LogP contribution in [0, 0.1) is 5.82 Å². The molecule has 0 unspecified atom stereocenters. The lowest BCUT2D eigenvalue weighted by molar-refractivity contribution is 0.0695. The highest BCUT2D eigenvalue weighted by Gasteiger charge is 2.18. The predicted molar refractivity (Wildman–Crippen MR) is 84.3 cm³/mol. The standard InChI is InChI=1S/C15H7Cl2FN2O3/c16-11-5-9-12(21)10(15(22)23)6-20(14(9)19-13(11)17)8-3-1-7(18)2-4-8/h1-6H,(H,22,23). The number of nitrogens with zero attached hydrogens (tertiary/aromatic N) is 2. The van der Waals surface area contributed by atoms with Crippen molar-refractivity contribution < 1.29 is 14.3 Å². The highest BCUT2D eigenvalue weighted by molar-refractivity contribution is 6.41. The number of halogens is 3. The second kappa shape index (κ2) is 5.64. The lowest BCUT2D eigenvalue weighted by Gasteiger charge is -2.12. The lowest BCUT2D eigenvalue weighted by atomic mass is 10.2. The van der Waals surface area contributed by atoms with Gasteiger partial charge in [0, 0.05) is 11.9 Å². The molecule has 0 fully saturated rings. The zero-order valence-corrected chi connectivity index (χ0v) is 12.8. The van der Waals surface area contributed by atoms with E-state index in [2.05, 4.69) is 4.98 Å². The van der Waals surface area contributed by atoms with Gasteiger partial charge in [-0.15, -0.1) is 0 Å². The molecule has 0 atom stereocenters. The van der Waals surface area contributed by atoms with E-state index >= 15 is 0 Å². The number of carboxylic acids is 1. The third-order valence-corrected chi connectivity index (χ3v) is 3.90. The number of fused-ring (bicyclic) bond motifs is 1. The molecular formula is C15H7Cl2FN2O3. The fourth-order valence-electron chi connectivity index (χ4n) is 2.15. The van der Waals surface area contributed by atoms with Crippen LogP contribution in [-0.2, 0) is 0 Å². The molecule has 0 radical (unpaired) electrons. The third-order valence-electron chi connectivity index (χ3n) is 3.22. The van der Waals surface area contributed by atoms with Gasteiger partial charge >= 0.3 is 5.97 Å². The van der Waals surface area contributed by atoms with Crippen molar-refractivity contribution in [3.05, 3.63) is 68.3 Å². The van der Waals surface area contributed by atoms with Gasteiger partial charge < -0.3 is 9.67 Å². The third kappa shape index (κ3) is 2.67. The Bertz CT molecular complexity index is 1000. The number of carboxylic acid groups (broad SMARTS) is 1. The number of aromatic nitrogens is 2. The van der Waals surface area contributed by atoms with Crippen LogP contribution in [0.15, 0.2) is 41.3 Å². The summed E-state index contributed by atoms with van der Waals surface area (Å²) in [5, 5.41) is 9.22. The van der Waals surface area contributed by atoms with Gasteiger partial charge in [-0.1, -0.05) is 23.2 Å². The van der Waals surface area contributed by atoms with Crippen molar-refractivity contribution in [2.75, 3.05) is 0 Å². The van der Waals surface area contributed by atoms with Crippen LogP contribution in [0.4, 0.5) is 4.39 Å². The van der Waals surface area contributed by atoms with Crippen LogP contribution in [0.5, 0.6) is 0 Å². The molecule has 3 aromatic rings. The first-order chi connectivity index (χ1) is 10.9. The van der Waals surface area contributed by atoms with Crippen LogP contribution in [0.25, 0.3) is 16.7 Å². The van der Waals surface area contributed by atoms with Gasteiger partial charge in [0.25, 0.3) is 0 Å². The summed E-state index contributed by atoms with van der Waals surface area (Å²) in [7, 11) is 0. The van der Waals surface area contributed by atoms with Crippen molar-refractivity contribution in [2.45, 2.75) is 0 Å². The first-order valence-electron chi connectivity index (χ1n) is 6.29. The molecule has 0 aliphatic rings. The van der Waals surface area contributed by atoms with Gasteiger partial charge in [-0.25, -0.2) is 14.2 Å². The minimum Gasteiger partial charge on any atom is -0.477 e. The SMILES string of the molecule is O=C(O)c1cn(-c2ccc(F)cc2)c2nc(Cl)c(Cl)cc2c1=O. The molecule has 116 valence electrons. The molecule has 1 aromatic carbocycles. The number of pyridine rings is 2. The minimum absolute atomic E-state index is 0.00336. The van der Waals surface area contributed by atoms with Crippen molar-refractivity contribution in [2.24, 2.45) is 0 Å². The fraction of sp³-hybridized carbons (Fsp3) is 0. The zero-order valence-electron chi connectivity index (χ0n) is 11.3. The fourth-order valence-corrected chi connectivity index (χ4v) is 2.44. The van der Waals surface area contributed by atoms with Crippen molar-refractivity contribution in [1.29, 1.82) is 0 Å². The molecule has 0 aliphatic heterocycles. The average Bonchev–Trinajstić information content (AvgIpc) is 2.50. The Labute approximate surface area is 138 Å². The van der Waals surface area contributed by atoms with Gasteiger partial charge in [-0.2, -0.15) is 0 Å². The largest absolute Gasteiger partial charge is 0.477 e. The molecule has 5 nitrogen and oxygen atoms in total. The average molecular weight is 353 g/mol. The molecule has 1 N–H and O–H groups in total. The first kappa shape index (κ1) is 15.5. The smallest absolute Gasteiger partial charge is 0.341 e. The van der Waals surface area contributed by atoms with Gasteiger partial charge in [0.1, 0.15) is 22.2 Å². The van der Waals surface area contributed by atoms with Crippen molar-refractivity contribution in [3.63, 3.8) is 0 Å². The maximum absolute atomic E-state index is 13.1. The second-order valence-corrected chi connectivity index (χ2v) is 5.42. The second-order valence-electron chi connectivity index (χ2n) is 4.66. The molecule has 0 saturated carbocycles. The lowest BCUT2D eigenvalue weighted by Crippen LogP contribution is -2.19. The van der Waals surface area contributed by atoms with Crippen molar-refractivity contribution >= 4 is 40.2 Å². The van der Waals surface area contributed by atoms with Crippen LogP contribution in [0.1, 0.15) is 10.4 Å². The Balaban J connectivity index is 2.46. The Kier molecular flexibility index (Phi) is 3.79. The molecular weight excluding hydrogens is 346 g/mol. The van der Waals surface area contributed by atoms with Gasteiger partial charge in [0.15, 0.2) is 0 Å². The Morgan fingerprint density at radius 3 is 2.48 bits per heavy atom. The normalized spacial score (nSPS) is 10.9. The predicted octanol–water partition coefficient (Wildman–Crippen LogP) is 3.53. The zero-order chi connectivity index (χ0) is 16.7. The van der Waals surface area contributed by atoms with Gasteiger partial charge in [-0.3, -0.25) is 4.79 Å². The molecule has 2 aromatic heterocycles. The summed E-state index contributed by atoms with van der Waals surface area (Å²) >= 11 is 11.8. The molecule has 0 spiro atoms. The molecule has 0 bridgehead atoms. The Morgan fingerprint density at radius 1 is 1.22 bits per heavy atom. The summed E-state index contributed by atoms with van der Waals surface area (Å²) in [6.45, 7) is 0. The minimum atomic E-state index is -1.39. The van der Waals surface area contributed by atoms with Crippen LogP contribution in [0.2, 0.25) is 10.2 Å². The maximum Gasteiger partial charge on any atom is 0.341 e. The monoisotopic (exact) mass is 352 g/mol. The number of rotatable bonds is 2. The molecule has 23 heavy (non-hydrogen) atoms. The summed E-state index contributed by atoms with van der Waals surface area (Å²) in [6, 6.07) is 6.53. The number of carbonyl (C=O) groups is 1. The van der Waals surface area contributed by atoms with E-state index in [0.717, 1.165) is 6.20 Å². The highest BCUT2D eigenvalue weighted by Crippen LogP contribution is 2.25. The molecule has 0 aliphatic carbocycles. The highest BCUT2D eigenvalue weighted by atomic mass is 35.5. The van der Waals surface area contributed by atoms with Crippen LogP contribution in [0.3, 0.4) is 0 Å². The van der Waals surface area contributed by atoms with E-state index in [1.165, 1.54) is 34.9 Å². The Morgan fingerprint density at radius 2 is 1.87 bits per heavy atom. The van der Waals surface area contributed by atoms with E-state index in [-0.39, 0.29) is 21.2 Å². The molecule has 0 saturated heterocycles. The van der Waals surface area contributed by atoms with E-state index in [0.29, 0.717) is 5.69 Å². The summed E-state index contributed by atoms with van der Waals surface area (Å²) < 4.78 is 14.4. The van der Waals surface area contributed by atoms with Crippen molar-refractivity contribution in [1.82, 2.24) is 9.55 Å². The summed E-state index contributed by atoms with van der Waals surface area (Å²) in [5.41, 5.74) is -0.635. The number of hydrogen-bond donors (Lipinski definition) is 1. The van der Waals surface area contributed by atoms with Crippen LogP contribution < -0.4 is 5.43 Å². The topological polar surface area (TPSA) is 72.2 Å². The van der Waals surface area contributed by atoms with Gasteiger partial charge in [0.2, 0.25) is 5.43 Å². The number of benzene rings is 1. The maximum atomic E-state index is 13.1. The summed E-state index contributed by atoms with van der Waals surface area (Å²) in [5.74, 6) is -1.84. The van der Waals surface area contributed by atoms with E-state index in [1.54, 1.807) is 0 Å². The van der Waals surface area contributed by atoms with E-state index in [4.69, 9.17) is 23.2 Å². The van der Waals surface area contributed by atoms with Crippen LogP contribution in [-0.4, -0.2) is 20.6 Å². The molecule has 8 heteroatoms.